The fourth-order valence-electron chi connectivity index (χ4n) is 1.87. The predicted molar refractivity (Wildman–Crippen MR) is 88.4 cm³/mol. The largest absolute Gasteiger partial charge is 0.298 e. The van der Waals surface area contributed by atoms with Crippen LogP contribution in [0.3, 0.4) is 0 Å². The second-order valence-electron chi connectivity index (χ2n) is 5.19. The molecule has 1 aromatic heterocycles. The fourth-order valence-corrected chi connectivity index (χ4v) is 3.30. The number of hydrogen-bond acceptors (Lipinski definition) is 4. The van der Waals surface area contributed by atoms with Crippen LogP contribution >= 0.6 is 27.7 Å². The number of rotatable bonds is 7. The minimum Gasteiger partial charge on any atom is -0.298 e. The van der Waals surface area contributed by atoms with E-state index in [-0.39, 0.29) is 5.78 Å². The van der Waals surface area contributed by atoms with Gasteiger partial charge in [0, 0.05) is 15.9 Å². The van der Waals surface area contributed by atoms with Crippen LogP contribution in [0.1, 0.15) is 19.7 Å². The minimum absolute atomic E-state index is 0.161. The first-order valence-electron chi connectivity index (χ1n) is 6.82. The van der Waals surface area contributed by atoms with E-state index in [2.05, 4.69) is 39.9 Å². The quantitative estimate of drug-likeness (QED) is 0.701. The molecule has 1 aromatic carbocycles. The molecule has 0 bridgehead atoms. The van der Waals surface area contributed by atoms with Crippen molar-refractivity contribution in [3.05, 3.63) is 40.9 Å². The summed E-state index contributed by atoms with van der Waals surface area (Å²) in [4.78, 5) is 17.4. The summed E-state index contributed by atoms with van der Waals surface area (Å²) in [6.07, 6.45) is 1.86. The Hall–Kier alpha value is -1.14. The van der Waals surface area contributed by atoms with Crippen LogP contribution in [-0.2, 0) is 17.8 Å². The molecular weight excluding hydrogens is 350 g/mol. The van der Waals surface area contributed by atoms with Gasteiger partial charge in [-0.2, -0.15) is 5.10 Å². The van der Waals surface area contributed by atoms with Gasteiger partial charge in [-0.05, 0) is 34.0 Å². The minimum atomic E-state index is 0.161. The molecule has 0 saturated carbocycles. The highest BCUT2D eigenvalue weighted by atomic mass is 79.9. The molecule has 6 heteroatoms. The van der Waals surface area contributed by atoms with Crippen LogP contribution in [0, 0.1) is 5.92 Å². The van der Waals surface area contributed by atoms with E-state index >= 15 is 0 Å². The summed E-state index contributed by atoms with van der Waals surface area (Å²) in [7, 11) is 0. The number of carbonyl (C=O) groups is 1. The van der Waals surface area contributed by atoms with Crippen molar-refractivity contribution in [3.8, 4) is 0 Å². The Morgan fingerprint density at radius 3 is 2.86 bits per heavy atom. The number of Topliss-reactive ketones (excluding diaryl/α,β-unsaturated/α-hetero) is 1. The topological polar surface area (TPSA) is 47.8 Å². The molecule has 4 nitrogen and oxygen atoms in total. The molecule has 2 rings (SSSR count). The van der Waals surface area contributed by atoms with Crippen LogP contribution in [-0.4, -0.2) is 26.3 Å². The van der Waals surface area contributed by atoms with Gasteiger partial charge >= 0.3 is 0 Å². The maximum Gasteiger partial charge on any atom is 0.150 e. The average Bonchev–Trinajstić information content (AvgIpc) is 2.84. The molecule has 0 radical (unpaired) electrons. The van der Waals surface area contributed by atoms with Gasteiger partial charge in [0.2, 0.25) is 0 Å². The Morgan fingerprint density at radius 2 is 2.14 bits per heavy atom. The van der Waals surface area contributed by atoms with Crippen LogP contribution < -0.4 is 0 Å². The summed E-state index contributed by atoms with van der Waals surface area (Å²) in [5.74, 6) is 1.84. The molecule has 21 heavy (non-hydrogen) atoms. The third-order valence-electron chi connectivity index (χ3n) is 2.81. The lowest BCUT2D eigenvalue weighted by Gasteiger charge is -2.08. The van der Waals surface area contributed by atoms with E-state index in [1.165, 1.54) is 6.33 Å². The maximum atomic E-state index is 12.1. The average molecular weight is 368 g/mol. The summed E-state index contributed by atoms with van der Waals surface area (Å²) < 4.78 is 2.84. The second kappa shape index (κ2) is 7.75. The van der Waals surface area contributed by atoms with Gasteiger partial charge in [0.15, 0.2) is 5.78 Å². The number of halogens is 1. The molecule has 112 valence electrons. The molecule has 0 atom stereocenters. The van der Waals surface area contributed by atoms with Crippen LogP contribution in [0.15, 0.2) is 40.0 Å². The third kappa shape index (κ3) is 4.97. The second-order valence-corrected chi connectivity index (χ2v) is 7.06. The molecule has 0 aliphatic rings. The lowest BCUT2D eigenvalue weighted by atomic mass is 10.2. The highest BCUT2D eigenvalue weighted by Crippen LogP contribution is 2.27. The highest BCUT2D eigenvalue weighted by Gasteiger charge is 2.12. The first-order valence-corrected chi connectivity index (χ1v) is 8.60. The van der Waals surface area contributed by atoms with Gasteiger partial charge in [0.25, 0.3) is 0 Å². The standard InChI is InChI=1S/C15H18BrN3OS/c1-11(2)8-19-15(17-10-18-19)7-12(20)9-21-14-6-4-3-5-13(14)16/h3-6,10-11H,7-9H2,1-2H3. The van der Waals surface area contributed by atoms with E-state index in [9.17, 15) is 4.79 Å². The number of ketones is 1. The zero-order valence-electron chi connectivity index (χ0n) is 12.1. The third-order valence-corrected chi connectivity index (χ3v) is 4.90. The first kappa shape index (κ1) is 16.2. The smallest absolute Gasteiger partial charge is 0.150 e. The van der Waals surface area contributed by atoms with Crippen molar-refractivity contribution >= 4 is 33.5 Å². The number of hydrogen-bond donors (Lipinski definition) is 0. The van der Waals surface area contributed by atoms with Gasteiger partial charge in [-0.15, -0.1) is 11.8 Å². The van der Waals surface area contributed by atoms with Gasteiger partial charge in [-0.1, -0.05) is 26.0 Å². The molecule has 0 aliphatic carbocycles. The molecule has 0 aliphatic heterocycles. The summed E-state index contributed by atoms with van der Waals surface area (Å²) in [5, 5.41) is 4.18. The van der Waals surface area contributed by atoms with E-state index in [4.69, 9.17) is 0 Å². The van der Waals surface area contributed by atoms with Crippen molar-refractivity contribution < 1.29 is 4.79 Å². The summed E-state index contributed by atoms with van der Waals surface area (Å²) >= 11 is 5.03. The molecule has 0 N–H and O–H groups in total. The zero-order valence-corrected chi connectivity index (χ0v) is 14.5. The Labute approximate surface area is 137 Å². The van der Waals surface area contributed by atoms with E-state index < -0.39 is 0 Å². The zero-order chi connectivity index (χ0) is 15.2. The first-order chi connectivity index (χ1) is 10.1. The van der Waals surface area contributed by atoms with Crippen LogP contribution in [0.25, 0.3) is 0 Å². The number of aromatic nitrogens is 3. The molecule has 0 saturated heterocycles. The fraction of sp³-hybridized carbons (Fsp3) is 0.400. The Bertz CT molecular complexity index is 612. The van der Waals surface area contributed by atoms with Gasteiger partial charge < -0.3 is 0 Å². The van der Waals surface area contributed by atoms with Gasteiger partial charge in [-0.3, -0.25) is 4.79 Å². The number of thioether (sulfide) groups is 1. The van der Waals surface area contributed by atoms with Gasteiger partial charge in [-0.25, -0.2) is 9.67 Å². The normalized spacial score (nSPS) is 11.0. The summed E-state index contributed by atoms with van der Waals surface area (Å²) in [6, 6.07) is 7.91. The van der Waals surface area contributed by atoms with Gasteiger partial charge in [0.05, 0.1) is 12.2 Å². The van der Waals surface area contributed by atoms with Crippen molar-refractivity contribution in [3.63, 3.8) is 0 Å². The Balaban J connectivity index is 1.90. The highest BCUT2D eigenvalue weighted by molar-refractivity contribution is 9.10. The molecule has 1 heterocycles. The maximum absolute atomic E-state index is 12.1. The Kier molecular flexibility index (Phi) is 5.99. The number of carbonyl (C=O) groups excluding carboxylic acids is 1. The molecule has 0 unspecified atom stereocenters. The van der Waals surface area contributed by atoms with Crippen molar-refractivity contribution in [2.45, 2.75) is 31.7 Å². The molecule has 0 fully saturated rings. The Morgan fingerprint density at radius 1 is 1.38 bits per heavy atom. The number of benzene rings is 1. The molecule has 0 spiro atoms. The van der Waals surface area contributed by atoms with Crippen molar-refractivity contribution in [1.29, 1.82) is 0 Å². The van der Waals surface area contributed by atoms with E-state index in [1.54, 1.807) is 11.8 Å². The van der Waals surface area contributed by atoms with Crippen LogP contribution in [0.5, 0.6) is 0 Å². The monoisotopic (exact) mass is 367 g/mol. The van der Waals surface area contributed by atoms with E-state index in [0.29, 0.717) is 18.1 Å². The lowest BCUT2D eigenvalue weighted by Crippen LogP contribution is -2.15. The predicted octanol–water partition coefficient (Wildman–Crippen LogP) is 3.60. The van der Waals surface area contributed by atoms with Crippen molar-refractivity contribution in [2.24, 2.45) is 5.92 Å². The lowest BCUT2D eigenvalue weighted by molar-refractivity contribution is -0.116. The van der Waals surface area contributed by atoms with E-state index in [0.717, 1.165) is 21.7 Å². The van der Waals surface area contributed by atoms with Crippen molar-refractivity contribution in [2.75, 3.05) is 5.75 Å². The molecular formula is C15H18BrN3OS. The summed E-state index contributed by atoms with van der Waals surface area (Å²) in [6.45, 7) is 5.03. The molecule has 2 aromatic rings. The van der Waals surface area contributed by atoms with Crippen LogP contribution in [0.2, 0.25) is 0 Å². The number of nitrogens with zero attached hydrogens (tertiary/aromatic N) is 3. The van der Waals surface area contributed by atoms with Crippen molar-refractivity contribution in [1.82, 2.24) is 14.8 Å². The SMILES string of the molecule is CC(C)Cn1ncnc1CC(=O)CSc1ccccc1Br. The van der Waals surface area contributed by atoms with Gasteiger partial charge in [0.1, 0.15) is 12.2 Å². The summed E-state index contributed by atoms with van der Waals surface area (Å²) in [5.41, 5.74) is 0. The van der Waals surface area contributed by atoms with Crippen LogP contribution in [0.4, 0.5) is 0 Å². The molecule has 0 amide bonds. The van der Waals surface area contributed by atoms with E-state index in [1.807, 2.05) is 28.9 Å².